The number of carbonyl (C=O) groups is 2. The van der Waals surface area contributed by atoms with E-state index in [-0.39, 0.29) is 17.4 Å². The summed E-state index contributed by atoms with van der Waals surface area (Å²) in [5, 5.41) is 10.5. The molecule has 25 heavy (non-hydrogen) atoms. The first-order chi connectivity index (χ1) is 12.0. The molecular formula is C18H22N4O3. The molecule has 2 aromatic rings. The molecule has 132 valence electrons. The third kappa shape index (κ3) is 2.68. The van der Waals surface area contributed by atoms with Crippen LogP contribution in [0, 0.1) is 0 Å². The van der Waals surface area contributed by atoms with E-state index in [9.17, 15) is 14.7 Å². The number of carbonyl (C=O) groups excluding carboxylic acids is 2. The second-order valence-corrected chi connectivity index (χ2v) is 7.15. The number of aliphatic hydroxyl groups is 1. The Hall–Kier alpha value is -2.41. The molecule has 4 rings (SSSR count). The molecule has 1 unspecified atom stereocenters. The summed E-state index contributed by atoms with van der Waals surface area (Å²) in [6.07, 6.45) is 4.69. The van der Waals surface area contributed by atoms with E-state index in [1.54, 1.807) is 11.1 Å². The van der Waals surface area contributed by atoms with Gasteiger partial charge < -0.3 is 19.9 Å². The Labute approximate surface area is 145 Å². The number of rotatable bonds is 4. The Morgan fingerprint density at radius 2 is 2.24 bits per heavy atom. The van der Waals surface area contributed by atoms with Crippen molar-refractivity contribution in [1.29, 1.82) is 0 Å². The van der Waals surface area contributed by atoms with E-state index in [4.69, 9.17) is 0 Å². The van der Waals surface area contributed by atoms with Gasteiger partial charge in [0.2, 0.25) is 5.91 Å². The lowest BCUT2D eigenvalue weighted by Gasteiger charge is -2.62. The zero-order valence-corrected chi connectivity index (χ0v) is 14.2. The minimum Gasteiger partial charge on any atom is -0.384 e. The predicted molar refractivity (Wildman–Crippen MR) is 91.7 cm³/mol. The van der Waals surface area contributed by atoms with Crippen LogP contribution in [0.5, 0.6) is 0 Å². The maximum absolute atomic E-state index is 12.4. The van der Waals surface area contributed by atoms with Crippen LogP contribution in [-0.4, -0.2) is 68.0 Å². The third-order valence-electron chi connectivity index (χ3n) is 5.40. The van der Waals surface area contributed by atoms with Gasteiger partial charge in [-0.1, -0.05) is 0 Å². The highest BCUT2D eigenvalue weighted by Gasteiger charge is 2.56. The molecule has 0 saturated carbocycles. The van der Waals surface area contributed by atoms with Crippen LogP contribution in [0.4, 0.5) is 0 Å². The Morgan fingerprint density at radius 1 is 1.44 bits per heavy atom. The molecule has 2 aliphatic rings. The van der Waals surface area contributed by atoms with Crippen molar-refractivity contribution in [2.45, 2.75) is 37.8 Å². The molecular weight excluding hydrogens is 320 g/mol. The monoisotopic (exact) mass is 342 g/mol. The molecule has 2 fully saturated rings. The van der Waals surface area contributed by atoms with Crippen LogP contribution in [0.1, 0.15) is 25.3 Å². The fraction of sp³-hybridized carbons (Fsp3) is 0.500. The maximum atomic E-state index is 12.4. The summed E-state index contributed by atoms with van der Waals surface area (Å²) in [6.45, 7) is 3.33. The number of nitrogens with zero attached hydrogens (tertiary/aromatic N) is 3. The summed E-state index contributed by atoms with van der Waals surface area (Å²) in [5.41, 5.74) is 1.67. The minimum absolute atomic E-state index is 0.108. The molecule has 1 spiro atoms. The van der Waals surface area contributed by atoms with Crippen molar-refractivity contribution in [1.82, 2.24) is 19.8 Å². The van der Waals surface area contributed by atoms with Crippen molar-refractivity contribution >= 4 is 22.8 Å². The van der Waals surface area contributed by atoms with Crippen LogP contribution in [0.25, 0.3) is 11.0 Å². The first-order valence-corrected chi connectivity index (χ1v) is 8.68. The van der Waals surface area contributed by atoms with Gasteiger partial charge in [0.25, 0.3) is 5.91 Å². The van der Waals surface area contributed by atoms with Gasteiger partial charge in [-0.2, -0.15) is 0 Å². The highest BCUT2D eigenvalue weighted by molar-refractivity contribution is 5.84. The minimum atomic E-state index is -0.974. The van der Waals surface area contributed by atoms with Crippen LogP contribution < -0.4 is 0 Å². The number of aromatic amines is 1. The summed E-state index contributed by atoms with van der Waals surface area (Å²) in [5.74, 6) is -0.125. The molecule has 0 radical (unpaired) electrons. The average molecular weight is 342 g/mol. The molecule has 0 bridgehead atoms. The van der Waals surface area contributed by atoms with E-state index in [0.29, 0.717) is 32.5 Å². The van der Waals surface area contributed by atoms with Gasteiger partial charge in [-0.05, 0) is 37.5 Å². The van der Waals surface area contributed by atoms with Crippen molar-refractivity contribution in [2.24, 2.45) is 0 Å². The summed E-state index contributed by atoms with van der Waals surface area (Å²) < 4.78 is 0. The average Bonchev–Trinajstić information content (AvgIpc) is 2.98. The van der Waals surface area contributed by atoms with Gasteiger partial charge in [-0.15, -0.1) is 0 Å². The van der Waals surface area contributed by atoms with E-state index >= 15 is 0 Å². The van der Waals surface area contributed by atoms with Crippen LogP contribution in [0.3, 0.4) is 0 Å². The van der Waals surface area contributed by atoms with Gasteiger partial charge in [-0.3, -0.25) is 9.59 Å². The lowest BCUT2D eigenvalue weighted by atomic mass is 9.77. The lowest BCUT2D eigenvalue weighted by molar-refractivity contribution is -0.179. The van der Waals surface area contributed by atoms with Crippen LogP contribution in [0.2, 0.25) is 0 Å². The first-order valence-electron chi connectivity index (χ1n) is 8.68. The highest BCUT2D eigenvalue weighted by Crippen LogP contribution is 2.39. The molecule has 4 heterocycles. The van der Waals surface area contributed by atoms with E-state index in [2.05, 4.69) is 16.0 Å². The SMILES string of the molecule is CC(O)C(=O)N1CCC12CN(C(=O)CCc1cnc3[nH]ccc3c1)C2. The number of amides is 2. The zero-order chi connectivity index (χ0) is 17.6. The number of hydrogen-bond acceptors (Lipinski definition) is 4. The summed E-state index contributed by atoms with van der Waals surface area (Å²) in [4.78, 5) is 35.3. The van der Waals surface area contributed by atoms with Gasteiger partial charge in [0.1, 0.15) is 11.8 Å². The molecule has 1 atom stereocenters. The number of fused-ring (bicyclic) bond motifs is 1. The van der Waals surface area contributed by atoms with Gasteiger partial charge in [-0.25, -0.2) is 4.98 Å². The molecule has 2 N–H and O–H groups in total. The Kier molecular flexibility index (Phi) is 3.76. The number of aryl methyl sites for hydroxylation is 1. The number of H-pyrrole nitrogens is 1. The molecule has 2 aliphatic heterocycles. The molecule has 7 nitrogen and oxygen atoms in total. The maximum Gasteiger partial charge on any atom is 0.251 e. The van der Waals surface area contributed by atoms with Gasteiger partial charge in [0, 0.05) is 43.8 Å². The Bertz CT molecular complexity index is 823. The van der Waals surface area contributed by atoms with Crippen molar-refractivity contribution in [3.63, 3.8) is 0 Å². The van der Waals surface area contributed by atoms with Crippen molar-refractivity contribution in [3.8, 4) is 0 Å². The summed E-state index contributed by atoms with van der Waals surface area (Å²) in [7, 11) is 0. The molecule has 2 amide bonds. The quantitative estimate of drug-likeness (QED) is 0.855. The molecule has 2 aromatic heterocycles. The molecule has 0 aromatic carbocycles. The zero-order valence-electron chi connectivity index (χ0n) is 14.2. The molecule has 2 saturated heterocycles. The van der Waals surface area contributed by atoms with Crippen molar-refractivity contribution in [3.05, 3.63) is 30.1 Å². The van der Waals surface area contributed by atoms with Gasteiger partial charge in [0.05, 0.1) is 5.54 Å². The van der Waals surface area contributed by atoms with E-state index in [0.717, 1.165) is 23.0 Å². The topological polar surface area (TPSA) is 89.5 Å². The van der Waals surface area contributed by atoms with Crippen molar-refractivity contribution in [2.75, 3.05) is 19.6 Å². The van der Waals surface area contributed by atoms with E-state index in [1.165, 1.54) is 6.92 Å². The van der Waals surface area contributed by atoms with Gasteiger partial charge in [0.15, 0.2) is 0 Å². The van der Waals surface area contributed by atoms with Crippen LogP contribution >= 0.6 is 0 Å². The van der Waals surface area contributed by atoms with Gasteiger partial charge >= 0.3 is 0 Å². The van der Waals surface area contributed by atoms with Crippen LogP contribution in [0.15, 0.2) is 24.5 Å². The molecule has 7 heteroatoms. The largest absolute Gasteiger partial charge is 0.384 e. The normalized spacial score (nSPS) is 19.6. The number of pyridine rings is 1. The van der Waals surface area contributed by atoms with E-state index < -0.39 is 6.10 Å². The lowest BCUT2D eigenvalue weighted by Crippen LogP contribution is -2.79. The standard InChI is InChI=1S/C18H22N4O3/c1-12(23)17(25)22-7-5-18(22)10-21(11-18)15(24)3-2-13-8-14-4-6-19-16(14)20-9-13/h4,6,8-9,12,23H,2-3,5,7,10-11H2,1H3,(H,19,20). The highest BCUT2D eigenvalue weighted by atomic mass is 16.3. The molecule has 0 aliphatic carbocycles. The number of hydrogen-bond donors (Lipinski definition) is 2. The van der Waals surface area contributed by atoms with Crippen LogP contribution in [-0.2, 0) is 16.0 Å². The second-order valence-electron chi connectivity index (χ2n) is 7.15. The smallest absolute Gasteiger partial charge is 0.251 e. The number of likely N-dealkylation sites (tertiary alicyclic amines) is 2. The number of aliphatic hydroxyl groups excluding tert-OH is 1. The fourth-order valence-corrected chi connectivity index (χ4v) is 3.81. The summed E-state index contributed by atoms with van der Waals surface area (Å²) in [6, 6.07) is 4.02. The van der Waals surface area contributed by atoms with E-state index in [1.807, 2.05) is 17.2 Å². The Balaban J connectivity index is 1.31. The fourth-order valence-electron chi connectivity index (χ4n) is 3.81. The number of nitrogens with one attached hydrogen (secondary N) is 1. The second kappa shape index (κ2) is 5.84. The Morgan fingerprint density at radius 3 is 2.92 bits per heavy atom. The summed E-state index contributed by atoms with van der Waals surface area (Å²) >= 11 is 0. The number of aromatic nitrogens is 2. The first kappa shape index (κ1) is 16.1. The predicted octanol–water partition coefficient (Wildman–Crippen LogP) is 0.690. The van der Waals surface area contributed by atoms with Crippen molar-refractivity contribution < 1.29 is 14.7 Å². The third-order valence-corrected chi connectivity index (χ3v) is 5.40.